The van der Waals surface area contributed by atoms with Crippen molar-refractivity contribution in [3.05, 3.63) is 41.0 Å². The first-order valence-corrected chi connectivity index (χ1v) is 9.65. The van der Waals surface area contributed by atoms with Crippen molar-refractivity contribution in [1.29, 1.82) is 0 Å². The highest BCUT2D eigenvalue weighted by Gasteiger charge is 2.53. The molecule has 2 heterocycles. The Morgan fingerprint density at radius 2 is 1.57 bits per heavy atom. The standard InChI is InChI=1S/C22H22O8/c1-25-16-4-10(5-17(26-2)20(16)23)18-11-6-14-15(30-9-29-14)7-12(11)21(27-3)13-8-28-22(24)19(13)18/h4-7,13,18-19,21,23H,8-9H2,1-3H3/t13-,18+,19-,21+/m0/s1. The van der Waals surface area contributed by atoms with E-state index in [4.69, 9.17) is 28.4 Å². The van der Waals surface area contributed by atoms with Gasteiger partial charge in [-0.05, 0) is 41.0 Å². The summed E-state index contributed by atoms with van der Waals surface area (Å²) in [5, 5.41) is 10.4. The van der Waals surface area contributed by atoms with Gasteiger partial charge in [-0.25, -0.2) is 0 Å². The largest absolute Gasteiger partial charge is 0.502 e. The summed E-state index contributed by atoms with van der Waals surface area (Å²) in [6.45, 7) is 0.426. The van der Waals surface area contributed by atoms with E-state index in [0.717, 1.165) is 16.7 Å². The Kier molecular flexibility index (Phi) is 4.39. The van der Waals surface area contributed by atoms with Gasteiger partial charge in [0.15, 0.2) is 23.0 Å². The first-order valence-electron chi connectivity index (χ1n) is 9.65. The predicted molar refractivity (Wildman–Crippen MR) is 103 cm³/mol. The van der Waals surface area contributed by atoms with Crippen LogP contribution in [-0.4, -0.2) is 45.8 Å². The van der Waals surface area contributed by atoms with Crippen molar-refractivity contribution in [3.63, 3.8) is 0 Å². The topological polar surface area (TPSA) is 92.7 Å². The van der Waals surface area contributed by atoms with E-state index in [2.05, 4.69) is 0 Å². The molecule has 1 saturated heterocycles. The third-order valence-electron chi connectivity index (χ3n) is 6.23. The monoisotopic (exact) mass is 414 g/mol. The van der Waals surface area contributed by atoms with Gasteiger partial charge >= 0.3 is 5.97 Å². The highest BCUT2D eigenvalue weighted by Crippen LogP contribution is 2.56. The second-order valence-electron chi connectivity index (χ2n) is 7.56. The number of hydrogen-bond donors (Lipinski definition) is 1. The molecule has 0 saturated carbocycles. The zero-order chi connectivity index (χ0) is 21.0. The number of benzene rings is 2. The lowest BCUT2D eigenvalue weighted by molar-refractivity contribution is -0.141. The minimum atomic E-state index is -0.457. The molecule has 0 unspecified atom stereocenters. The molecule has 0 aromatic heterocycles. The van der Waals surface area contributed by atoms with Crippen LogP contribution in [0.5, 0.6) is 28.7 Å². The number of carbonyl (C=O) groups is 1. The first kappa shape index (κ1) is 18.9. The third-order valence-corrected chi connectivity index (χ3v) is 6.23. The number of cyclic esters (lactones) is 1. The molecule has 158 valence electrons. The molecule has 0 bridgehead atoms. The van der Waals surface area contributed by atoms with Gasteiger partial charge in [0.1, 0.15) is 0 Å². The van der Waals surface area contributed by atoms with Crippen LogP contribution in [0.15, 0.2) is 24.3 Å². The molecule has 5 rings (SSSR count). The Bertz CT molecular complexity index is 991. The van der Waals surface area contributed by atoms with E-state index in [1.165, 1.54) is 14.2 Å². The van der Waals surface area contributed by atoms with E-state index in [1.54, 1.807) is 19.2 Å². The fourth-order valence-electron chi connectivity index (χ4n) is 4.91. The maximum atomic E-state index is 12.8. The van der Waals surface area contributed by atoms with Gasteiger partial charge in [0.05, 0.1) is 32.8 Å². The summed E-state index contributed by atoms with van der Waals surface area (Å²) in [5.41, 5.74) is 2.59. The Hall–Kier alpha value is -3.13. The van der Waals surface area contributed by atoms with Crippen LogP contribution in [0, 0.1) is 11.8 Å². The molecular formula is C22H22O8. The summed E-state index contributed by atoms with van der Waals surface area (Å²) in [4.78, 5) is 12.8. The van der Waals surface area contributed by atoms with Crippen LogP contribution in [0.25, 0.3) is 0 Å². The number of fused-ring (bicyclic) bond motifs is 3. The minimum absolute atomic E-state index is 0.0919. The summed E-state index contributed by atoms with van der Waals surface area (Å²) < 4.78 is 33.1. The van der Waals surface area contributed by atoms with Crippen LogP contribution in [0.2, 0.25) is 0 Å². The third kappa shape index (κ3) is 2.60. The number of phenols is 1. The zero-order valence-electron chi connectivity index (χ0n) is 16.8. The number of rotatable bonds is 4. The Balaban J connectivity index is 1.75. The van der Waals surface area contributed by atoms with Crippen LogP contribution in [0.4, 0.5) is 0 Å². The fraction of sp³-hybridized carbons (Fsp3) is 0.409. The summed E-state index contributed by atoms with van der Waals surface area (Å²) in [7, 11) is 4.57. The van der Waals surface area contributed by atoms with Crippen molar-refractivity contribution in [2.45, 2.75) is 12.0 Å². The highest BCUT2D eigenvalue weighted by molar-refractivity contribution is 5.79. The van der Waals surface area contributed by atoms with Crippen LogP contribution in [0.3, 0.4) is 0 Å². The van der Waals surface area contributed by atoms with Crippen LogP contribution in [-0.2, 0) is 14.3 Å². The lowest BCUT2D eigenvalue weighted by atomic mass is 9.66. The number of methoxy groups -OCH3 is 3. The smallest absolute Gasteiger partial charge is 0.310 e. The molecule has 0 spiro atoms. The molecule has 8 nitrogen and oxygen atoms in total. The quantitative estimate of drug-likeness (QED) is 0.764. The van der Waals surface area contributed by atoms with Gasteiger partial charge in [-0.1, -0.05) is 0 Å². The Labute approximate surface area is 173 Å². The maximum Gasteiger partial charge on any atom is 0.310 e. The van der Waals surface area contributed by atoms with E-state index >= 15 is 0 Å². The molecule has 2 aromatic carbocycles. The average Bonchev–Trinajstić information content (AvgIpc) is 3.37. The van der Waals surface area contributed by atoms with E-state index in [9.17, 15) is 9.90 Å². The maximum absolute atomic E-state index is 12.8. The summed E-state index contributed by atoms with van der Waals surface area (Å²) in [6.07, 6.45) is -0.317. The number of carbonyl (C=O) groups excluding carboxylic acids is 1. The van der Waals surface area contributed by atoms with E-state index < -0.39 is 5.92 Å². The van der Waals surface area contributed by atoms with Crippen LogP contribution >= 0.6 is 0 Å². The molecule has 3 aliphatic rings. The van der Waals surface area contributed by atoms with Gasteiger partial charge in [0.2, 0.25) is 12.5 Å². The van der Waals surface area contributed by atoms with Crippen molar-refractivity contribution < 1.29 is 38.3 Å². The van der Waals surface area contributed by atoms with E-state index in [0.29, 0.717) is 11.5 Å². The number of hydrogen-bond acceptors (Lipinski definition) is 8. The summed E-state index contributed by atoms with van der Waals surface area (Å²) >= 11 is 0. The number of ether oxygens (including phenoxy) is 6. The van der Waals surface area contributed by atoms with Gasteiger partial charge in [-0.3, -0.25) is 4.79 Å². The molecule has 4 atom stereocenters. The molecule has 8 heteroatoms. The lowest BCUT2D eigenvalue weighted by Crippen LogP contribution is -2.35. The number of esters is 1. The fourth-order valence-corrected chi connectivity index (χ4v) is 4.91. The lowest BCUT2D eigenvalue weighted by Gasteiger charge is -2.38. The number of aromatic hydroxyl groups is 1. The van der Waals surface area contributed by atoms with Crippen molar-refractivity contribution in [2.24, 2.45) is 11.8 Å². The van der Waals surface area contributed by atoms with Gasteiger partial charge < -0.3 is 33.5 Å². The van der Waals surface area contributed by atoms with E-state index in [-0.39, 0.29) is 54.6 Å². The zero-order valence-corrected chi connectivity index (χ0v) is 16.8. The molecular weight excluding hydrogens is 392 g/mol. The second-order valence-corrected chi connectivity index (χ2v) is 7.56. The van der Waals surface area contributed by atoms with Gasteiger partial charge in [0.25, 0.3) is 0 Å². The van der Waals surface area contributed by atoms with Crippen molar-refractivity contribution in [1.82, 2.24) is 0 Å². The number of phenolic OH excluding ortho intramolecular Hbond substituents is 1. The van der Waals surface area contributed by atoms with Crippen LogP contribution < -0.4 is 18.9 Å². The van der Waals surface area contributed by atoms with Gasteiger partial charge in [0, 0.05) is 18.9 Å². The van der Waals surface area contributed by atoms with Crippen LogP contribution in [0.1, 0.15) is 28.7 Å². The molecule has 1 fully saturated rings. The molecule has 2 aromatic rings. The minimum Gasteiger partial charge on any atom is -0.502 e. The van der Waals surface area contributed by atoms with Crippen molar-refractivity contribution >= 4 is 5.97 Å². The second kappa shape index (κ2) is 6.98. The normalized spacial score (nSPS) is 26.0. The average molecular weight is 414 g/mol. The Morgan fingerprint density at radius 1 is 0.933 bits per heavy atom. The molecule has 30 heavy (non-hydrogen) atoms. The summed E-state index contributed by atoms with van der Waals surface area (Å²) in [6, 6.07) is 7.29. The van der Waals surface area contributed by atoms with Crippen molar-refractivity contribution in [2.75, 3.05) is 34.7 Å². The van der Waals surface area contributed by atoms with Gasteiger partial charge in [-0.2, -0.15) is 0 Å². The molecule has 2 aliphatic heterocycles. The molecule has 1 N–H and O–H groups in total. The molecule has 1 aliphatic carbocycles. The van der Waals surface area contributed by atoms with Crippen molar-refractivity contribution in [3.8, 4) is 28.7 Å². The highest BCUT2D eigenvalue weighted by atomic mass is 16.7. The predicted octanol–water partition coefficient (Wildman–Crippen LogP) is 2.76. The first-order chi connectivity index (χ1) is 14.6. The Morgan fingerprint density at radius 3 is 2.17 bits per heavy atom. The summed E-state index contributed by atoms with van der Waals surface area (Å²) in [5.74, 6) is 0.464. The SMILES string of the molecule is COc1cc([C@@H]2c3cc4c(cc3[C@@H](OC)[C@H]3COC(=O)[C@H]23)OCO4)cc(OC)c1O. The van der Waals surface area contributed by atoms with Gasteiger partial charge in [-0.15, -0.1) is 0 Å². The van der Waals surface area contributed by atoms with E-state index in [1.807, 2.05) is 12.1 Å². The molecule has 0 amide bonds. The molecule has 0 radical (unpaired) electrons.